The Morgan fingerprint density at radius 2 is 1.65 bits per heavy atom. The molecule has 10 atom stereocenters. The second-order valence-electron chi connectivity index (χ2n) is 8.63. The lowest BCUT2D eigenvalue weighted by molar-refractivity contribution is -0.342. The van der Waals surface area contributed by atoms with Crippen LogP contribution in [0.2, 0.25) is 0 Å². The number of nitrogens with one attached hydrogen (secondary N) is 1. The second-order valence-corrected chi connectivity index (χ2v) is 11.8. The van der Waals surface area contributed by atoms with Gasteiger partial charge in [0.1, 0.15) is 42.7 Å². The smallest absolute Gasteiger partial charge is 0.397 e. The quantitative estimate of drug-likeness (QED) is 0.118. The number of carbonyl (C=O) groups excluding carboxylic acids is 1. The number of methoxy groups -OCH3 is 2. The maximum atomic E-state index is 12.0. The van der Waals surface area contributed by atoms with Gasteiger partial charge < -0.3 is 49.1 Å². The Labute approximate surface area is 229 Å². The summed E-state index contributed by atoms with van der Waals surface area (Å²) in [5, 5.41) is 33.7. The fourth-order valence-corrected chi connectivity index (χ4v) is 4.91. The van der Waals surface area contributed by atoms with Crippen molar-refractivity contribution >= 4 is 32.1 Å². The highest BCUT2D eigenvalue weighted by Crippen LogP contribution is 2.32. The molecule has 18 nitrogen and oxygen atoms in total. The lowest BCUT2D eigenvalue weighted by Gasteiger charge is -2.48. The zero-order chi connectivity index (χ0) is 30.4. The topological polar surface area (TPSA) is 260 Å². The molecule has 2 rings (SSSR count). The Morgan fingerprint density at radius 1 is 1.00 bits per heavy atom. The summed E-state index contributed by atoms with van der Waals surface area (Å²) in [7, 11) is -6.56. The number of aliphatic carboxylic acids is 1. The van der Waals surface area contributed by atoms with Gasteiger partial charge in [0.2, 0.25) is 5.91 Å². The molecule has 0 saturated carbocycles. The first-order chi connectivity index (χ1) is 18.5. The van der Waals surface area contributed by atoms with Crippen LogP contribution in [0.1, 0.15) is 6.92 Å². The third kappa shape index (κ3) is 9.09. The molecule has 2 aliphatic heterocycles. The first-order valence-electron chi connectivity index (χ1n) is 11.5. The summed E-state index contributed by atoms with van der Waals surface area (Å²) in [5.74, 6) is -2.88. The first kappa shape index (κ1) is 34.4. The number of sulfone groups is 1. The predicted octanol–water partition coefficient (Wildman–Crippen LogP) is -3.44. The number of aliphatic hydroxyl groups is 2. The molecule has 2 heterocycles. The molecule has 1 amide bonds. The summed E-state index contributed by atoms with van der Waals surface area (Å²) in [4.78, 5) is 23.7. The Hall–Kier alpha value is -1.82. The van der Waals surface area contributed by atoms with E-state index in [0.717, 1.165) is 21.1 Å². The molecule has 2 aliphatic rings. The maximum Gasteiger partial charge on any atom is 0.397 e. The van der Waals surface area contributed by atoms with Crippen LogP contribution in [0.15, 0.2) is 12.0 Å². The number of carbonyl (C=O) groups is 2. The number of hydrogen-bond acceptors (Lipinski definition) is 15. The van der Waals surface area contributed by atoms with E-state index in [9.17, 15) is 41.7 Å². The van der Waals surface area contributed by atoms with Gasteiger partial charge in [-0.1, -0.05) is 6.58 Å². The van der Waals surface area contributed by atoms with Crippen LogP contribution in [-0.2, 0) is 62.4 Å². The highest BCUT2D eigenvalue weighted by Gasteiger charge is 2.54. The van der Waals surface area contributed by atoms with E-state index in [1.807, 2.05) is 0 Å². The summed E-state index contributed by atoms with van der Waals surface area (Å²) in [5.41, 5.74) is 0. The third-order valence-electron chi connectivity index (χ3n) is 5.91. The van der Waals surface area contributed by atoms with Gasteiger partial charge in [0.15, 0.2) is 28.5 Å². The highest BCUT2D eigenvalue weighted by atomic mass is 32.3. The average Bonchev–Trinajstić information content (AvgIpc) is 2.85. The lowest BCUT2D eigenvalue weighted by atomic mass is 9.95. The van der Waals surface area contributed by atoms with Crippen LogP contribution in [0.25, 0.3) is 0 Å². The summed E-state index contributed by atoms with van der Waals surface area (Å²) < 4.78 is 92.5. The number of amides is 1. The first-order valence-corrected chi connectivity index (χ1v) is 14.6. The van der Waals surface area contributed by atoms with Crippen molar-refractivity contribution in [1.29, 1.82) is 0 Å². The number of hydrogen-bond donors (Lipinski definition) is 5. The van der Waals surface area contributed by atoms with Crippen molar-refractivity contribution in [2.45, 2.75) is 68.3 Å². The number of ether oxygens (including phenoxy) is 6. The van der Waals surface area contributed by atoms with E-state index >= 15 is 0 Å². The molecule has 232 valence electrons. The fraction of sp³-hybridized carbons (Fsp3) is 0.800. The van der Waals surface area contributed by atoms with Crippen LogP contribution in [-0.4, -0.2) is 143 Å². The Kier molecular flexibility index (Phi) is 12.4. The van der Waals surface area contributed by atoms with Gasteiger partial charge in [-0.25, -0.2) is 17.4 Å². The molecule has 0 aliphatic carbocycles. The van der Waals surface area contributed by atoms with Gasteiger partial charge in [-0.3, -0.25) is 9.35 Å². The number of carboxylic acids is 1. The molecule has 0 bridgehead atoms. The van der Waals surface area contributed by atoms with Gasteiger partial charge in [0.25, 0.3) is 0 Å². The van der Waals surface area contributed by atoms with Crippen molar-refractivity contribution in [2.24, 2.45) is 0 Å². The lowest BCUT2D eigenvalue weighted by Crippen LogP contribution is -2.68. The molecular weight excluding hydrogens is 590 g/mol. The highest BCUT2D eigenvalue weighted by molar-refractivity contribution is 7.94. The van der Waals surface area contributed by atoms with Gasteiger partial charge in [-0.2, -0.15) is 8.42 Å². The van der Waals surface area contributed by atoms with Gasteiger partial charge in [-0.15, -0.1) is 0 Å². The van der Waals surface area contributed by atoms with Crippen LogP contribution in [0.5, 0.6) is 0 Å². The standard InChI is InChI=1S/C20H33NO17S2/c1-5-39(27,28)7-6-34-14-10(8-35-40(29,30)31)36-19(33-4)11(21-9(2)22)15(14)37-20-13(24)16(32-3)12(23)17(38-20)18(25)26/h5,10-17,19-20,23-24H,1,6-8H2,2-4H3,(H,21,22)(H,25,26)(H,29,30,31). The van der Waals surface area contributed by atoms with E-state index in [-0.39, 0.29) is 0 Å². The summed E-state index contributed by atoms with van der Waals surface area (Å²) in [6, 6.07) is -1.32. The monoisotopic (exact) mass is 623 g/mol. The van der Waals surface area contributed by atoms with Crippen molar-refractivity contribution in [3.63, 3.8) is 0 Å². The molecule has 0 radical (unpaired) electrons. The second kappa shape index (κ2) is 14.4. The molecule has 0 spiro atoms. The molecular formula is C20H33NO17S2. The van der Waals surface area contributed by atoms with Gasteiger partial charge in [0.05, 0.1) is 19.0 Å². The van der Waals surface area contributed by atoms with E-state index < -0.39 is 112 Å². The third-order valence-corrected chi connectivity index (χ3v) is 7.59. The van der Waals surface area contributed by atoms with Gasteiger partial charge in [0, 0.05) is 26.6 Å². The number of aliphatic hydroxyl groups excluding tert-OH is 2. The van der Waals surface area contributed by atoms with Crippen molar-refractivity contribution < 1.29 is 78.9 Å². The van der Waals surface area contributed by atoms with Crippen LogP contribution in [0.4, 0.5) is 0 Å². The predicted molar refractivity (Wildman–Crippen MR) is 128 cm³/mol. The fourth-order valence-electron chi connectivity index (χ4n) is 4.11. The zero-order valence-corrected chi connectivity index (χ0v) is 23.2. The zero-order valence-electron chi connectivity index (χ0n) is 21.6. The minimum Gasteiger partial charge on any atom is -0.479 e. The van der Waals surface area contributed by atoms with Crippen molar-refractivity contribution in [2.75, 3.05) is 33.2 Å². The van der Waals surface area contributed by atoms with E-state index in [0.29, 0.717) is 5.41 Å². The van der Waals surface area contributed by atoms with E-state index in [4.69, 9.17) is 33.0 Å². The van der Waals surface area contributed by atoms with Crippen LogP contribution >= 0.6 is 0 Å². The van der Waals surface area contributed by atoms with Crippen LogP contribution < -0.4 is 5.32 Å². The van der Waals surface area contributed by atoms with Crippen molar-refractivity contribution in [3.05, 3.63) is 12.0 Å². The Balaban J connectivity index is 2.52. The van der Waals surface area contributed by atoms with Crippen LogP contribution in [0, 0.1) is 0 Å². The molecule has 0 aromatic heterocycles. The molecule has 5 N–H and O–H groups in total. The maximum absolute atomic E-state index is 12.0. The SMILES string of the molecule is C=CS(=O)(=O)CCOC1C(COS(=O)(=O)O)OC(OC)C(NC(C)=O)C1OC1OC(C(=O)O)C(O)C(OC)C1O. The summed E-state index contributed by atoms with van der Waals surface area (Å²) >= 11 is 0. The van der Waals surface area contributed by atoms with Crippen molar-refractivity contribution in [3.8, 4) is 0 Å². The van der Waals surface area contributed by atoms with Crippen molar-refractivity contribution in [1.82, 2.24) is 5.32 Å². The van der Waals surface area contributed by atoms with Crippen LogP contribution in [0.3, 0.4) is 0 Å². The largest absolute Gasteiger partial charge is 0.479 e. The Bertz CT molecular complexity index is 1100. The normalized spacial score (nSPS) is 35.1. The minimum absolute atomic E-state index is 0.555. The van der Waals surface area contributed by atoms with E-state index in [1.54, 1.807) is 0 Å². The van der Waals surface area contributed by atoms with Gasteiger partial charge >= 0.3 is 16.4 Å². The van der Waals surface area contributed by atoms with E-state index in [2.05, 4.69) is 16.1 Å². The molecule has 20 heteroatoms. The van der Waals surface area contributed by atoms with Gasteiger partial charge in [-0.05, 0) is 0 Å². The average molecular weight is 624 g/mol. The molecule has 0 aromatic rings. The molecule has 40 heavy (non-hydrogen) atoms. The number of carboxylic acid groups (broad SMARTS) is 1. The minimum atomic E-state index is -5.01. The number of rotatable bonds is 14. The molecule has 2 saturated heterocycles. The van der Waals surface area contributed by atoms with E-state index in [1.165, 1.54) is 0 Å². The Morgan fingerprint density at radius 3 is 2.15 bits per heavy atom. The molecule has 10 unspecified atom stereocenters. The summed E-state index contributed by atoms with van der Waals surface area (Å²) in [6.07, 6.45) is -14.9. The molecule has 0 aromatic carbocycles. The molecule has 2 fully saturated rings. The summed E-state index contributed by atoms with van der Waals surface area (Å²) in [6.45, 7) is 2.82.